The summed E-state index contributed by atoms with van der Waals surface area (Å²) in [5.74, 6) is 3.32. The third-order valence-electron chi connectivity index (χ3n) is 5.93. The molecule has 0 spiro atoms. The first-order valence-electron chi connectivity index (χ1n) is 13.3. The molecule has 0 aromatic heterocycles. The van der Waals surface area contributed by atoms with Crippen LogP contribution in [0, 0.1) is 22.9 Å². The van der Waals surface area contributed by atoms with E-state index in [0.717, 1.165) is 12.8 Å². The Morgan fingerprint density at radius 3 is 1.46 bits per heavy atom. The van der Waals surface area contributed by atoms with Crippen LogP contribution in [0.25, 0.3) is 0 Å². The molecule has 1 nitrogen and oxygen atoms in total. The molecule has 35 heavy (non-hydrogen) atoms. The van der Waals surface area contributed by atoms with E-state index in [9.17, 15) is 0 Å². The van der Waals surface area contributed by atoms with Crippen LogP contribution in [0.4, 0.5) is 0 Å². The number of benzene rings is 2. The third-order valence-corrected chi connectivity index (χ3v) is 5.93. The summed E-state index contributed by atoms with van der Waals surface area (Å²) in [6.07, 6.45) is 8.80. The monoisotopic (exact) mass is 476 g/mol. The van der Waals surface area contributed by atoms with Crippen LogP contribution >= 0.6 is 0 Å². The summed E-state index contributed by atoms with van der Waals surface area (Å²) < 4.78 is 5.60. The maximum Gasteiger partial charge on any atom is 0.116 e. The zero-order valence-corrected chi connectivity index (χ0v) is 24.8. The lowest BCUT2D eigenvalue weighted by Gasteiger charge is -2.33. The highest BCUT2D eigenvalue weighted by atomic mass is 16.5. The fourth-order valence-electron chi connectivity index (χ4n) is 4.75. The van der Waals surface area contributed by atoms with Crippen LogP contribution in [0.2, 0.25) is 0 Å². The Balaban J connectivity index is 0.00000274. The highest BCUT2D eigenvalue weighted by molar-refractivity contribution is 5.26. The summed E-state index contributed by atoms with van der Waals surface area (Å²) in [7, 11) is 0. The number of rotatable bonds is 8. The van der Waals surface area contributed by atoms with E-state index in [4.69, 9.17) is 4.74 Å². The second kappa shape index (κ2) is 14.8. The highest BCUT2D eigenvalue weighted by Gasteiger charge is 2.30. The van der Waals surface area contributed by atoms with E-state index in [1.165, 1.54) is 11.1 Å². The molecular weight excluding hydrogens is 424 g/mol. The van der Waals surface area contributed by atoms with Gasteiger partial charge in [-0.15, -0.1) is 0 Å². The Bertz CT molecular complexity index is 903. The van der Waals surface area contributed by atoms with E-state index in [1.807, 2.05) is 27.7 Å². The molecule has 0 aliphatic heterocycles. The van der Waals surface area contributed by atoms with Gasteiger partial charge in [-0.25, -0.2) is 0 Å². The highest BCUT2D eigenvalue weighted by Crippen LogP contribution is 2.38. The van der Waals surface area contributed by atoms with E-state index in [0.29, 0.717) is 0 Å². The lowest BCUT2D eigenvalue weighted by molar-refractivity contribution is 0.311. The predicted molar refractivity (Wildman–Crippen MR) is 156 cm³/mol. The summed E-state index contributed by atoms with van der Waals surface area (Å²) in [5, 5.41) is 0. The molecule has 0 unspecified atom stereocenters. The first-order valence-corrected chi connectivity index (χ1v) is 13.3. The molecular formula is C34H52O. The van der Waals surface area contributed by atoms with Crippen molar-refractivity contribution < 1.29 is 4.74 Å². The summed E-state index contributed by atoms with van der Waals surface area (Å²) in [6.45, 7) is 26.0. The molecule has 2 aromatic carbocycles. The summed E-state index contributed by atoms with van der Waals surface area (Å²) in [5.41, 5.74) is 2.71. The third kappa shape index (κ3) is 12.2. The van der Waals surface area contributed by atoms with E-state index in [2.05, 4.69) is 134 Å². The second-order valence-corrected chi connectivity index (χ2v) is 11.4. The first kappa shape index (κ1) is 32.5. The fourth-order valence-corrected chi connectivity index (χ4v) is 4.75. The van der Waals surface area contributed by atoms with Crippen molar-refractivity contribution in [3.05, 3.63) is 84.1 Å². The average molecular weight is 477 g/mol. The predicted octanol–water partition coefficient (Wildman–Crippen LogP) is 10.3. The fraction of sp³-hybridized carbons (Fsp3) is 0.529. The molecule has 194 valence electrons. The van der Waals surface area contributed by atoms with Crippen LogP contribution in [0.15, 0.2) is 73.0 Å². The number of ether oxygens (including phenoxy) is 1. The number of allylic oxidation sites excluding steroid dienone is 1. The van der Waals surface area contributed by atoms with Crippen molar-refractivity contribution in [3.8, 4) is 12.0 Å². The van der Waals surface area contributed by atoms with Gasteiger partial charge in [0, 0.05) is 5.41 Å². The molecule has 2 rings (SSSR count). The van der Waals surface area contributed by atoms with Crippen molar-refractivity contribution >= 4 is 0 Å². The molecule has 0 saturated heterocycles. The van der Waals surface area contributed by atoms with Crippen LogP contribution in [0.3, 0.4) is 0 Å². The van der Waals surface area contributed by atoms with Crippen LogP contribution in [-0.2, 0) is 15.6 Å². The molecule has 0 aliphatic carbocycles. The normalized spacial score (nSPS) is 11.9. The van der Waals surface area contributed by atoms with Gasteiger partial charge in [0.25, 0.3) is 0 Å². The van der Waals surface area contributed by atoms with Crippen molar-refractivity contribution in [3.63, 3.8) is 0 Å². The Hall–Kier alpha value is -2.46. The lowest BCUT2D eigenvalue weighted by atomic mass is 9.71. The Kier molecular flexibility index (Phi) is 13.8. The minimum Gasteiger partial charge on any atom is -0.416 e. The molecule has 0 bridgehead atoms. The van der Waals surface area contributed by atoms with Gasteiger partial charge in [0.1, 0.15) is 12.4 Å². The minimum atomic E-state index is -0.141. The summed E-state index contributed by atoms with van der Waals surface area (Å²) >= 11 is 0. The standard InChI is InChI=1S/C30H40O.2C2H6/c1-27(2,23-29(5,6)25-15-11-9-12-16-25)19-21-31-22-20-28(3,4)24-30(7,8)26-17-13-10-14-18-26;2*1-2/h9-19,21H,23-24H2,1-8H3;2*1-2H3/b21-19+;;. The van der Waals surface area contributed by atoms with Crippen LogP contribution < -0.4 is 0 Å². The van der Waals surface area contributed by atoms with Crippen LogP contribution in [0.5, 0.6) is 0 Å². The largest absolute Gasteiger partial charge is 0.416 e. The molecule has 0 radical (unpaired) electrons. The lowest BCUT2D eigenvalue weighted by Crippen LogP contribution is -2.25. The van der Waals surface area contributed by atoms with Gasteiger partial charge < -0.3 is 4.74 Å². The van der Waals surface area contributed by atoms with Gasteiger partial charge in [-0.2, -0.15) is 0 Å². The van der Waals surface area contributed by atoms with Crippen molar-refractivity contribution in [2.24, 2.45) is 10.8 Å². The first-order chi connectivity index (χ1) is 16.3. The van der Waals surface area contributed by atoms with E-state index < -0.39 is 0 Å². The van der Waals surface area contributed by atoms with Gasteiger partial charge in [0.2, 0.25) is 0 Å². The van der Waals surface area contributed by atoms with Crippen LogP contribution in [0.1, 0.15) is 107 Å². The van der Waals surface area contributed by atoms with Crippen molar-refractivity contribution in [2.75, 3.05) is 0 Å². The van der Waals surface area contributed by atoms with Crippen molar-refractivity contribution in [2.45, 2.75) is 107 Å². The van der Waals surface area contributed by atoms with Gasteiger partial charge >= 0.3 is 0 Å². The maximum atomic E-state index is 5.60. The Morgan fingerprint density at radius 2 is 1.03 bits per heavy atom. The maximum absolute atomic E-state index is 5.60. The van der Waals surface area contributed by atoms with Gasteiger partial charge in [-0.1, -0.05) is 136 Å². The second-order valence-electron chi connectivity index (χ2n) is 11.4. The molecule has 0 saturated carbocycles. The SMILES string of the molecule is CC.CC.CC(C)(C#CO/C=C/C(C)(C)CC(C)(C)c1ccccc1)CC(C)(C)c1ccccc1. The van der Waals surface area contributed by atoms with E-state index in [1.54, 1.807) is 6.26 Å². The zero-order chi connectivity index (χ0) is 27.2. The molecule has 0 amide bonds. The molecule has 2 aromatic rings. The van der Waals surface area contributed by atoms with E-state index >= 15 is 0 Å². The smallest absolute Gasteiger partial charge is 0.116 e. The molecule has 0 heterocycles. The number of hydrogen-bond donors (Lipinski definition) is 0. The van der Waals surface area contributed by atoms with Gasteiger partial charge in [-0.05, 0) is 60.1 Å². The van der Waals surface area contributed by atoms with Crippen molar-refractivity contribution in [1.82, 2.24) is 0 Å². The van der Waals surface area contributed by atoms with Crippen molar-refractivity contribution in [1.29, 1.82) is 0 Å². The quantitative estimate of drug-likeness (QED) is 0.272. The summed E-state index contributed by atoms with van der Waals surface area (Å²) in [4.78, 5) is 0. The molecule has 0 aliphatic rings. The molecule has 0 fully saturated rings. The van der Waals surface area contributed by atoms with Gasteiger partial charge in [0.15, 0.2) is 0 Å². The van der Waals surface area contributed by atoms with Gasteiger partial charge in [-0.3, -0.25) is 0 Å². The zero-order valence-electron chi connectivity index (χ0n) is 24.8. The van der Waals surface area contributed by atoms with Gasteiger partial charge in [0.05, 0.1) is 0 Å². The topological polar surface area (TPSA) is 9.23 Å². The van der Waals surface area contributed by atoms with E-state index in [-0.39, 0.29) is 21.7 Å². The Morgan fingerprint density at radius 1 is 0.629 bits per heavy atom. The van der Waals surface area contributed by atoms with Crippen LogP contribution in [-0.4, -0.2) is 0 Å². The minimum absolute atomic E-state index is 0.00579. The molecule has 0 atom stereocenters. The average Bonchev–Trinajstić information content (AvgIpc) is 2.81. The summed E-state index contributed by atoms with van der Waals surface area (Å²) in [6, 6.07) is 21.4. The Labute approximate surface area is 218 Å². The molecule has 1 heteroatoms. The number of hydrogen-bond acceptors (Lipinski definition) is 1. The molecule has 0 N–H and O–H groups in total.